The first-order valence-electron chi connectivity index (χ1n) is 6.70. The van der Waals surface area contributed by atoms with Gasteiger partial charge in [-0.1, -0.05) is 6.07 Å². The van der Waals surface area contributed by atoms with E-state index in [1.165, 1.54) is 7.11 Å². The van der Waals surface area contributed by atoms with Gasteiger partial charge in [0.05, 0.1) is 20.3 Å². The first-order chi connectivity index (χ1) is 9.65. The molecule has 1 fully saturated rings. The summed E-state index contributed by atoms with van der Waals surface area (Å²) < 4.78 is 15.9. The zero-order valence-electron chi connectivity index (χ0n) is 11.8. The van der Waals surface area contributed by atoms with Crippen LogP contribution in [0.4, 0.5) is 0 Å². The van der Waals surface area contributed by atoms with E-state index in [1.54, 1.807) is 25.3 Å². The van der Waals surface area contributed by atoms with E-state index < -0.39 is 11.9 Å². The molecule has 0 saturated carbocycles. The van der Waals surface area contributed by atoms with Crippen molar-refractivity contribution in [3.63, 3.8) is 0 Å². The van der Waals surface area contributed by atoms with Gasteiger partial charge in [0.25, 0.3) is 0 Å². The second kappa shape index (κ2) is 6.61. The van der Waals surface area contributed by atoms with Crippen molar-refractivity contribution in [2.75, 3.05) is 20.8 Å². The molecule has 0 amide bonds. The molecule has 0 radical (unpaired) electrons. The van der Waals surface area contributed by atoms with Gasteiger partial charge in [-0.15, -0.1) is 0 Å². The number of rotatable bonds is 6. The number of carboxylic acids is 1. The molecule has 0 aliphatic carbocycles. The Labute approximate surface area is 118 Å². The van der Waals surface area contributed by atoms with Gasteiger partial charge < -0.3 is 24.1 Å². The molecule has 1 heterocycles. The molecular formula is C15H19O5-. The Morgan fingerprint density at radius 2 is 2.15 bits per heavy atom. The number of carbonyl (C=O) groups excluding carboxylic acids is 1. The van der Waals surface area contributed by atoms with E-state index in [1.807, 2.05) is 0 Å². The number of benzene rings is 1. The van der Waals surface area contributed by atoms with Crippen molar-refractivity contribution in [1.29, 1.82) is 0 Å². The van der Waals surface area contributed by atoms with Gasteiger partial charge in [0.15, 0.2) is 11.5 Å². The normalized spacial score (nSPS) is 19.6. The standard InChI is InChI=1S/C15H20O5/c1-18-13-6-5-10(8-14(13)19-2)12(15(16)17)9-11-4-3-7-20-11/h5-6,8,11-12H,3-4,7,9H2,1-2H3,(H,16,17)/p-1. The lowest BCUT2D eigenvalue weighted by atomic mass is 9.92. The van der Waals surface area contributed by atoms with Gasteiger partial charge in [-0.05, 0) is 37.0 Å². The summed E-state index contributed by atoms with van der Waals surface area (Å²) in [6.07, 6.45) is 2.30. The van der Waals surface area contributed by atoms with E-state index in [-0.39, 0.29) is 6.10 Å². The lowest BCUT2D eigenvalue weighted by molar-refractivity contribution is -0.308. The molecular weight excluding hydrogens is 260 g/mol. The number of carboxylic acid groups (broad SMARTS) is 1. The molecule has 1 saturated heterocycles. The van der Waals surface area contributed by atoms with Crippen LogP contribution in [0.2, 0.25) is 0 Å². The number of ether oxygens (including phenoxy) is 3. The molecule has 5 heteroatoms. The van der Waals surface area contributed by atoms with E-state index in [2.05, 4.69) is 0 Å². The van der Waals surface area contributed by atoms with Gasteiger partial charge in [-0.25, -0.2) is 0 Å². The maximum absolute atomic E-state index is 11.4. The minimum Gasteiger partial charge on any atom is -0.549 e. The highest BCUT2D eigenvalue weighted by Crippen LogP contribution is 2.33. The van der Waals surface area contributed by atoms with Crippen LogP contribution in [0.3, 0.4) is 0 Å². The summed E-state index contributed by atoms with van der Waals surface area (Å²) in [6.45, 7) is 0.705. The van der Waals surface area contributed by atoms with Crippen LogP contribution in [0, 0.1) is 0 Å². The van der Waals surface area contributed by atoms with Crippen molar-refractivity contribution >= 4 is 5.97 Å². The number of aliphatic carboxylic acids is 1. The third kappa shape index (κ3) is 3.22. The average Bonchev–Trinajstić information content (AvgIpc) is 2.96. The Bertz CT molecular complexity index is 465. The highest BCUT2D eigenvalue weighted by Gasteiger charge is 2.23. The highest BCUT2D eigenvalue weighted by molar-refractivity contribution is 5.74. The molecule has 20 heavy (non-hydrogen) atoms. The van der Waals surface area contributed by atoms with Crippen molar-refractivity contribution < 1.29 is 24.1 Å². The number of methoxy groups -OCH3 is 2. The maximum atomic E-state index is 11.4. The Morgan fingerprint density at radius 1 is 1.40 bits per heavy atom. The molecule has 1 aliphatic heterocycles. The van der Waals surface area contributed by atoms with Crippen LogP contribution in [0.15, 0.2) is 18.2 Å². The monoisotopic (exact) mass is 279 g/mol. The van der Waals surface area contributed by atoms with E-state index in [4.69, 9.17) is 14.2 Å². The Morgan fingerprint density at radius 3 is 2.70 bits per heavy atom. The summed E-state index contributed by atoms with van der Waals surface area (Å²) >= 11 is 0. The third-order valence-electron chi connectivity index (χ3n) is 3.62. The number of hydrogen-bond donors (Lipinski definition) is 0. The molecule has 1 aromatic rings. The van der Waals surface area contributed by atoms with E-state index in [0.717, 1.165) is 12.8 Å². The van der Waals surface area contributed by atoms with Gasteiger partial charge in [-0.2, -0.15) is 0 Å². The Hall–Kier alpha value is -1.75. The van der Waals surface area contributed by atoms with Crippen LogP contribution >= 0.6 is 0 Å². The van der Waals surface area contributed by atoms with Crippen molar-refractivity contribution in [2.24, 2.45) is 0 Å². The van der Waals surface area contributed by atoms with Crippen molar-refractivity contribution in [3.8, 4) is 11.5 Å². The summed E-state index contributed by atoms with van der Waals surface area (Å²) in [5.74, 6) is -0.695. The topological polar surface area (TPSA) is 67.8 Å². The molecule has 110 valence electrons. The first kappa shape index (κ1) is 14.7. The first-order valence-corrected chi connectivity index (χ1v) is 6.70. The number of carbonyl (C=O) groups is 1. The third-order valence-corrected chi connectivity index (χ3v) is 3.62. The predicted octanol–water partition coefficient (Wildman–Crippen LogP) is 1.11. The minimum absolute atomic E-state index is 0.00834. The molecule has 1 aromatic carbocycles. The van der Waals surface area contributed by atoms with Crippen LogP contribution in [-0.4, -0.2) is 32.9 Å². The molecule has 0 bridgehead atoms. The quantitative estimate of drug-likeness (QED) is 0.780. The largest absolute Gasteiger partial charge is 0.549 e. The van der Waals surface area contributed by atoms with Crippen molar-refractivity contribution in [3.05, 3.63) is 23.8 Å². The summed E-state index contributed by atoms with van der Waals surface area (Å²) in [5.41, 5.74) is 0.651. The molecule has 0 N–H and O–H groups in total. The Balaban J connectivity index is 2.22. The van der Waals surface area contributed by atoms with E-state index in [0.29, 0.717) is 30.1 Å². The zero-order chi connectivity index (χ0) is 14.5. The molecule has 0 aromatic heterocycles. The smallest absolute Gasteiger partial charge is 0.161 e. The fourth-order valence-electron chi connectivity index (χ4n) is 2.53. The second-order valence-corrected chi connectivity index (χ2v) is 4.86. The highest BCUT2D eigenvalue weighted by atomic mass is 16.5. The molecule has 2 atom stereocenters. The Kier molecular flexibility index (Phi) is 4.84. The molecule has 2 rings (SSSR count). The fourth-order valence-corrected chi connectivity index (χ4v) is 2.53. The average molecular weight is 279 g/mol. The SMILES string of the molecule is COc1ccc(C(CC2CCCO2)C(=O)[O-])cc1OC. The molecule has 1 aliphatic rings. The lowest BCUT2D eigenvalue weighted by Crippen LogP contribution is -2.32. The van der Waals surface area contributed by atoms with E-state index >= 15 is 0 Å². The summed E-state index contributed by atoms with van der Waals surface area (Å²) in [7, 11) is 3.07. The fraction of sp³-hybridized carbons (Fsp3) is 0.533. The van der Waals surface area contributed by atoms with Gasteiger partial charge in [0, 0.05) is 18.5 Å². The summed E-state index contributed by atoms with van der Waals surface area (Å²) in [6, 6.07) is 5.13. The summed E-state index contributed by atoms with van der Waals surface area (Å²) in [5, 5.41) is 11.4. The van der Waals surface area contributed by atoms with Crippen LogP contribution in [0.5, 0.6) is 11.5 Å². The van der Waals surface area contributed by atoms with Crippen LogP contribution in [0.1, 0.15) is 30.7 Å². The summed E-state index contributed by atoms with van der Waals surface area (Å²) in [4.78, 5) is 11.4. The van der Waals surface area contributed by atoms with Crippen LogP contribution < -0.4 is 14.6 Å². The zero-order valence-corrected chi connectivity index (χ0v) is 11.8. The maximum Gasteiger partial charge on any atom is 0.161 e. The van der Waals surface area contributed by atoms with Crippen LogP contribution in [0.25, 0.3) is 0 Å². The van der Waals surface area contributed by atoms with Crippen LogP contribution in [-0.2, 0) is 9.53 Å². The minimum atomic E-state index is -1.09. The van der Waals surface area contributed by atoms with Gasteiger partial charge in [0.2, 0.25) is 0 Å². The predicted molar refractivity (Wildman–Crippen MR) is 70.9 cm³/mol. The van der Waals surface area contributed by atoms with E-state index in [9.17, 15) is 9.90 Å². The van der Waals surface area contributed by atoms with Gasteiger partial charge >= 0.3 is 0 Å². The molecule has 2 unspecified atom stereocenters. The second-order valence-electron chi connectivity index (χ2n) is 4.86. The van der Waals surface area contributed by atoms with Gasteiger partial charge in [0.1, 0.15) is 0 Å². The van der Waals surface area contributed by atoms with Crippen molar-refractivity contribution in [1.82, 2.24) is 0 Å². The molecule has 5 nitrogen and oxygen atoms in total. The number of hydrogen-bond acceptors (Lipinski definition) is 5. The van der Waals surface area contributed by atoms with Gasteiger partial charge in [-0.3, -0.25) is 0 Å². The lowest BCUT2D eigenvalue weighted by Gasteiger charge is -2.22. The van der Waals surface area contributed by atoms with Crippen molar-refractivity contribution in [2.45, 2.75) is 31.3 Å². The molecule has 0 spiro atoms.